The van der Waals surface area contributed by atoms with Crippen LogP contribution in [0.4, 0.5) is 5.69 Å². The second-order valence-electron chi connectivity index (χ2n) is 7.99. The first-order valence-corrected chi connectivity index (χ1v) is 13.0. The molecule has 1 unspecified atom stereocenters. The van der Waals surface area contributed by atoms with Gasteiger partial charge < -0.3 is 14.4 Å². The summed E-state index contributed by atoms with van der Waals surface area (Å²) in [5.41, 5.74) is 0.855. The Kier molecular flexibility index (Phi) is 8.87. The molecule has 182 valence electrons. The lowest BCUT2D eigenvalue weighted by Crippen LogP contribution is -2.51. The number of hydrogen-bond acceptors (Lipinski definition) is 7. The van der Waals surface area contributed by atoms with Gasteiger partial charge in [0.15, 0.2) is 0 Å². The molecule has 0 N–H and O–H groups in total. The number of para-hydroxylation sites is 1. The molecule has 1 saturated heterocycles. The van der Waals surface area contributed by atoms with E-state index in [0.717, 1.165) is 6.42 Å². The zero-order chi connectivity index (χ0) is 23.8. The molecule has 2 heterocycles. The van der Waals surface area contributed by atoms with Crippen molar-refractivity contribution in [2.45, 2.75) is 38.9 Å². The van der Waals surface area contributed by atoms with Crippen LogP contribution in [-0.4, -0.2) is 73.8 Å². The fraction of sp³-hybridized carbons (Fsp3) is 0.565. The molecule has 9 nitrogen and oxygen atoms in total. The van der Waals surface area contributed by atoms with E-state index in [1.54, 1.807) is 29.6 Å². The molecular weight excluding hydrogens is 444 g/mol. The summed E-state index contributed by atoms with van der Waals surface area (Å²) in [6.07, 6.45) is 3.09. The minimum absolute atomic E-state index is 0.198. The summed E-state index contributed by atoms with van der Waals surface area (Å²) in [6.45, 7) is 8.44. The lowest BCUT2D eigenvalue weighted by atomic mass is 10.3. The lowest BCUT2D eigenvalue weighted by molar-refractivity contribution is 0.109. The van der Waals surface area contributed by atoms with Crippen LogP contribution in [-0.2, 0) is 14.8 Å². The minimum atomic E-state index is -3.33. The Balaban J connectivity index is 1.83. The molecule has 0 saturated carbocycles. The first-order valence-electron chi connectivity index (χ1n) is 11.5. The molecule has 0 radical (unpaired) electrons. The third-order valence-corrected chi connectivity index (χ3v) is 8.07. The average molecular weight is 479 g/mol. The van der Waals surface area contributed by atoms with Gasteiger partial charge >= 0.3 is 5.56 Å². The first kappa shape index (κ1) is 25.2. The molecule has 1 aromatic heterocycles. The van der Waals surface area contributed by atoms with E-state index >= 15 is 0 Å². The molecule has 1 aromatic carbocycles. The monoisotopic (exact) mass is 478 g/mol. The maximum absolute atomic E-state index is 13.3. The third kappa shape index (κ3) is 5.93. The summed E-state index contributed by atoms with van der Waals surface area (Å²) in [5.74, 6) is 0.198. The van der Waals surface area contributed by atoms with Gasteiger partial charge in [0.25, 0.3) is 0 Å². The van der Waals surface area contributed by atoms with E-state index in [2.05, 4.69) is 5.10 Å². The number of nitrogens with zero attached hydrogens (tertiary/aromatic N) is 4. The van der Waals surface area contributed by atoms with Crippen molar-refractivity contribution in [2.75, 3.05) is 50.9 Å². The van der Waals surface area contributed by atoms with Gasteiger partial charge in [-0.2, -0.15) is 14.1 Å². The summed E-state index contributed by atoms with van der Waals surface area (Å²) in [7, 11) is -3.33. The Morgan fingerprint density at radius 2 is 1.76 bits per heavy atom. The average Bonchev–Trinajstić information content (AvgIpc) is 2.83. The van der Waals surface area contributed by atoms with Gasteiger partial charge in [-0.3, -0.25) is 4.79 Å². The molecule has 1 fully saturated rings. The second-order valence-corrected chi connectivity index (χ2v) is 10.3. The number of sulfonamides is 1. The van der Waals surface area contributed by atoms with Crippen LogP contribution in [0.2, 0.25) is 0 Å². The van der Waals surface area contributed by atoms with Gasteiger partial charge in [0.05, 0.1) is 23.7 Å². The first-order chi connectivity index (χ1) is 15.9. The van der Waals surface area contributed by atoms with Crippen LogP contribution in [0.15, 0.2) is 41.3 Å². The van der Waals surface area contributed by atoms with E-state index in [1.165, 1.54) is 4.68 Å². The molecule has 1 aliphatic rings. The Morgan fingerprint density at radius 1 is 1.06 bits per heavy atom. The highest BCUT2D eigenvalue weighted by molar-refractivity contribution is 7.89. The molecule has 0 spiro atoms. The third-order valence-electron chi connectivity index (χ3n) is 5.74. The molecule has 1 atom stereocenters. The maximum Gasteiger partial charge on any atom is 0.316 e. The van der Waals surface area contributed by atoms with Gasteiger partial charge in [0.1, 0.15) is 12.3 Å². The largest absolute Gasteiger partial charge is 0.484 e. The van der Waals surface area contributed by atoms with Crippen molar-refractivity contribution in [3.8, 4) is 11.4 Å². The van der Waals surface area contributed by atoms with Crippen LogP contribution in [0.3, 0.4) is 0 Å². The molecule has 3 rings (SSSR count). The van der Waals surface area contributed by atoms with Gasteiger partial charge in [-0.15, -0.1) is 0 Å². The van der Waals surface area contributed by atoms with Crippen molar-refractivity contribution >= 4 is 15.7 Å². The van der Waals surface area contributed by atoms with Crippen molar-refractivity contribution in [1.29, 1.82) is 0 Å². The number of ether oxygens (including phenoxy) is 2. The maximum atomic E-state index is 13.3. The summed E-state index contributed by atoms with van der Waals surface area (Å²) < 4.78 is 39.8. The van der Waals surface area contributed by atoms with E-state index in [-0.39, 0.29) is 17.9 Å². The SMILES string of the molecule is CCCC(C)S(=O)(=O)N1CCN(c2cnn(-c3ccccc3)c(=O)c2OCCOCC)CC1. The zero-order valence-corrected chi connectivity index (χ0v) is 20.5. The van der Waals surface area contributed by atoms with Crippen LogP contribution in [0.5, 0.6) is 5.75 Å². The molecule has 2 aromatic rings. The number of hydrogen-bond donors (Lipinski definition) is 0. The molecule has 0 bridgehead atoms. The lowest BCUT2D eigenvalue weighted by Gasteiger charge is -2.36. The second kappa shape index (κ2) is 11.6. The van der Waals surface area contributed by atoms with Gasteiger partial charge in [0.2, 0.25) is 15.8 Å². The van der Waals surface area contributed by atoms with Gasteiger partial charge in [0, 0.05) is 32.8 Å². The van der Waals surface area contributed by atoms with Gasteiger partial charge in [-0.05, 0) is 32.4 Å². The van der Waals surface area contributed by atoms with E-state index in [1.807, 2.05) is 36.9 Å². The molecule has 10 heteroatoms. The van der Waals surface area contributed by atoms with E-state index in [9.17, 15) is 13.2 Å². The van der Waals surface area contributed by atoms with Crippen molar-refractivity contribution in [1.82, 2.24) is 14.1 Å². The van der Waals surface area contributed by atoms with Gasteiger partial charge in [-0.25, -0.2) is 8.42 Å². The normalized spacial score (nSPS) is 16.0. The molecule has 0 aliphatic carbocycles. The number of piperazine rings is 1. The fourth-order valence-electron chi connectivity index (χ4n) is 3.88. The number of anilines is 1. The van der Waals surface area contributed by atoms with E-state index < -0.39 is 15.3 Å². The summed E-state index contributed by atoms with van der Waals surface area (Å²) in [4.78, 5) is 15.3. The summed E-state index contributed by atoms with van der Waals surface area (Å²) >= 11 is 0. The van der Waals surface area contributed by atoms with Crippen LogP contribution >= 0.6 is 0 Å². The predicted molar refractivity (Wildman–Crippen MR) is 129 cm³/mol. The molecule has 33 heavy (non-hydrogen) atoms. The Morgan fingerprint density at radius 3 is 2.39 bits per heavy atom. The summed E-state index contributed by atoms with van der Waals surface area (Å²) in [6, 6.07) is 9.16. The Hall–Kier alpha value is -2.43. The quantitative estimate of drug-likeness (QED) is 0.458. The highest BCUT2D eigenvalue weighted by atomic mass is 32.2. The summed E-state index contributed by atoms with van der Waals surface area (Å²) in [5, 5.41) is 3.97. The van der Waals surface area contributed by atoms with Crippen LogP contribution in [0.25, 0.3) is 5.69 Å². The van der Waals surface area contributed by atoms with Gasteiger partial charge in [-0.1, -0.05) is 31.5 Å². The highest BCUT2D eigenvalue weighted by Gasteiger charge is 2.32. The standard InChI is InChI=1S/C23H34N4O5S/c1-4-9-19(3)33(29,30)26-14-12-25(13-15-26)21-18-24-27(20-10-7-6-8-11-20)23(28)22(21)32-17-16-31-5-2/h6-8,10-11,18-19H,4-5,9,12-17H2,1-3H3. The molecule has 0 amide bonds. The topological polar surface area (TPSA) is 94.0 Å². The predicted octanol–water partition coefficient (Wildman–Crippen LogP) is 2.29. The fourth-order valence-corrected chi connectivity index (χ4v) is 5.60. The Bertz CT molecular complexity index is 1050. The number of benzene rings is 1. The zero-order valence-electron chi connectivity index (χ0n) is 19.6. The van der Waals surface area contributed by atoms with Crippen LogP contribution < -0.4 is 15.2 Å². The smallest absolute Gasteiger partial charge is 0.316 e. The highest BCUT2D eigenvalue weighted by Crippen LogP contribution is 2.26. The van der Waals surface area contributed by atoms with E-state index in [4.69, 9.17) is 9.47 Å². The van der Waals surface area contributed by atoms with E-state index in [0.29, 0.717) is 57.2 Å². The molecular formula is C23H34N4O5S. The van der Waals surface area contributed by atoms with Crippen molar-refractivity contribution in [3.63, 3.8) is 0 Å². The van der Waals surface area contributed by atoms with Crippen LogP contribution in [0, 0.1) is 0 Å². The van der Waals surface area contributed by atoms with Crippen LogP contribution in [0.1, 0.15) is 33.6 Å². The number of aromatic nitrogens is 2. The Labute approximate surface area is 196 Å². The minimum Gasteiger partial charge on any atom is -0.484 e. The van der Waals surface area contributed by atoms with Crippen molar-refractivity contribution < 1.29 is 17.9 Å². The molecule has 1 aliphatic heterocycles. The van der Waals surface area contributed by atoms with Crippen molar-refractivity contribution in [3.05, 3.63) is 46.9 Å². The number of rotatable bonds is 11. The van der Waals surface area contributed by atoms with Crippen molar-refractivity contribution in [2.24, 2.45) is 0 Å².